The molecule has 0 aromatic heterocycles. The van der Waals surface area contributed by atoms with Crippen molar-refractivity contribution < 1.29 is 22.3 Å². The molecule has 8 heteroatoms. The minimum Gasteiger partial charge on any atom is -0.410 e. The van der Waals surface area contributed by atoms with Gasteiger partial charge in [0, 0.05) is 6.04 Å². The van der Waals surface area contributed by atoms with E-state index in [4.69, 9.17) is 10.00 Å². The summed E-state index contributed by atoms with van der Waals surface area (Å²) in [5, 5.41) is 10.6. The lowest BCUT2D eigenvalue weighted by molar-refractivity contribution is 0.196. The van der Waals surface area contributed by atoms with E-state index in [0.717, 1.165) is 12.1 Å². The van der Waals surface area contributed by atoms with E-state index < -0.39 is 33.0 Å². The standard InChI is InChI=1S/C20H21FN2O4S/c1-3-18(23-20(24)27-19-10-8-17(21)9-11-19)13-28(25,26)14(2)16-6-4-15(12-22)5-7-16/h4-11,14,18H,3,13H2,1-2H3,(H,23,24)/t14-,18-/m0/s1. The highest BCUT2D eigenvalue weighted by molar-refractivity contribution is 7.91. The monoisotopic (exact) mass is 404 g/mol. The Hall–Kier alpha value is -2.92. The zero-order valence-electron chi connectivity index (χ0n) is 15.6. The molecule has 0 radical (unpaired) electrons. The van der Waals surface area contributed by atoms with Crippen LogP contribution < -0.4 is 10.1 Å². The third-order valence-electron chi connectivity index (χ3n) is 4.32. The summed E-state index contributed by atoms with van der Waals surface area (Å²) >= 11 is 0. The number of sulfone groups is 1. The van der Waals surface area contributed by atoms with Crippen molar-refractivity contribution >= 4 is 15.9 Å². The zero-order chi connectivity index (χ0) is 20.7. The third-order valence-corrected chi connectivity index (χ3v) is 6.54. The molecule has 0 saturated heterocycles. The van der Waals surface area contributed by atoms with Gasteiger partial charge in [0.25, 0.3) is 0 Å². The number of nitrogens with one attached hydrogen (secondary N) is 1. The normalized spacial score (nSPS) is 13.2. The van der Waals surface area contributed by atoms with E-state index in [1.165, 1.54) is 12.1 Å². The fraction of sp³-hybridized carbons (Fsp3) is 0.300. The van der Waals surface area contributed by atoms with Gasteiger partial charge in [-0.05, 0) is 55.3 Å². The summed E-state index contributed by atoms with van der Waals surface area (Å²) in [6.07, 6.45) is -0.419. The summed E-state index contributed by atoms with van der Waals surface area (Å²) < 4.78 is 43.4. The number of nitriles is 1. The van der Waals surface area contributed by atoms with E-state index >= 15 is 0 Å². The second-order valence-electron chi connectivity index (χ2n) is 6.30. The Kier molecular flexibility index (Phi) is 7.12. The second kappa shape index (κ2) is 9.33. The van der Waals surface area contributed by atoms with Crippen molar-refractivity contribution in [2.45, 2.75) is 31.6 Å². The van der Waals surface area contributed by atoms with Crippen LogP contribution in [0.5, 0.6) is 5.75 Å². The molecule has 0 fully saturated rings. The minimum atomic E-state index is -3.57. The van der Waals surface area contributed by atoms with Crippen LogP contribution in [0.3, 0.4) is 0 Å². The quantitative estimate of drug-likeness (QED) is 0.758. The fourth-order valence-electron chi connectivity index (χ4n) is 2.53. The molecule has 2 rings (SSSR count). The number of benzene rings is 2. The Bertz CT molecular complexity index is 951. The molecule has 148 valence electrons. The highest BCUT2D eigenvalue weighted by atomic mass is 32.2. The van der Waals surface area contributed by atoms with E-state index in [1.54, 1.807) is 38.1 Å². The number of carbonyl (C=O) groups excluding carboxylic acids is 1. The number of rotatable bonds is 7. The van der Waals surface area contributed by atoms with Gasteiger partial charge in [0.05, 0.1) is 22.6 Å². The minimum absolute atomic E-state index is 0.155. The maximum Gasteiger partial charge on any atom is 0.412 e. The van der Waals surface area contributed by atoms with Gasteiger partial charge in [-0.15, -0.1) is 0 Å². The summed E-state index contributed by atoms with van der Waals surface area (Å²) in [4.78, 5) is 12.0. The number of carbonyl (C=O) groups is 1. The first-order valence-electron chi connectivity index (χ1n) is 8.70. The summed E-state index contributed by atoms with van der Waals surface area (Å²) in [5.74, 6) is -0.562. The van der Waals surface area contributed by atoms with E-state index in [0.29, 0.717) is 17.5 Å². The molecule has 0 aliphatic heterocycles. The van der Waals surface area contributed by atoms with Crippen molar-refractivity contribution in [3.8, 4) is 11.8 Å². The van der Waals surface area contributed by atoms with E-state index in [-0.39, 0.29) is 11.5 Å². The molecule has 0 aliphatic carbocycles. The first-order valence-corrected chi connectivity index (χ1v) is 10.4. The topological polar surface area (TPSA) is 96.3 Å². The van der Waals surface area contributed by atoms with Crippen molar-refractivity contribution in [1.82, 2.24) is 5.32 Å². The maximum atomic E-state index is 12.9. The number of amides is 1. The smallest absolute Gasteiger partial charge is 0.410 e. The van der Waals surface area contributed by atoms with Crippen LogP contribution in [0.1, 0.15) is 36.6 Å². The maximum absolute atomic E-state index is 12.9. The van der Waals surface area contributed by atoms with Gasteiger partial charge in [-0.3, -0.25) is 0 Å². The molecule has 2 aromatic carbocycles. The first-order chi connectivity index (χ1) is 13.2. The van der Waals surface area contributed by atoms with Gasteiger partial charge in [-0.1, -0.05) is 19.1 Å². The van der Waals surface area contributed by atoms with Gasteiger partial charge < -0.3 is 10.1 Å². The van der Waals surface area contributed by atoms with Crippen LogP contribution in [0, 0.1) is 17.1 Å². The molecule has 0 spiro atoms. The third kappa shape index (κ3) is 5.79. The molecule has 0 unspecified atom stereocenters. The lowest BCUT2D eigenvalue weighted by Gasteiger charge is -2.20. The molecule has 1 N–H and O–H groups in total. The Morgan fingerprint density at radius 1 is 1.18 bits per heavy atom. The summed E-state index contributed by atoms with van der Waals surface area (Å²) in [5.41, 5.74) is 1.02. The Labute approximate surface area is 163 Å². The predicted octanol–water partition coefficient (Wildman–Crippen LogP) is 3.74. The molecule has 0 saturated carbocycles. The Morgan fingerprint density at radius 3 is 2.32 bits per heavy atom. The number of ether oxygens (including phenoxy) is 1. The van der Waals surface area contributed by atoms with E-state index in [9.17, 15) is 17.6 Å². The largest absolute Gasteiger partial charge is 0.412 e. The van der Waals surface area contributed by atoms with Crippen LogP contribution in [0.15, 0.2) is 48.5 Å². The first kappa shape index (κ1) is 21.4. The highest BCUT2D eigenvalue weighted by Crippen LogP contribution is 2.24. The predicted molar refractivity (Wildman–Crippen MR) is 103 cm³/mol. The molecule has 28 heavy (non-hydrogen) atoms. The van der Waals surface area contributed by atoms with Crippen LogP contribution >= 0.6 is 0 Å². The fourth-order valence-corrected chi connectivity index (χ4v) is 4.27. The molecule has 0 heterocycles. The SMILES string of the molecule is CC[C@@H](CS(=O)(=O)[C@@H](C)c1ccc(C#N)cc1)NC(=O)Oc1ccc(F)cc1. The van der Waals surface area contributed by atoms with Crippen molar-refractivity contribution in [3.63, 3.8) is 0 Å². The van der Waals surface area contributed by atoms with Gasteiger partial charge in [0.15, 0.2) is 9.84 Å². The van der Waals surface area contributed by atoms with Crippen molar-refractivity contribution in [1.29, 1.82) is 5.26 Å². The summed E-state index contributed by atoms with van der Waals surface area (Å²) in [6.45, 7) is 3.32. The van der Waals surface area contributed by atoms with Gasteiger partial charge in [0.2, 0.25) is 0 Å². The average molecular weight is 404 g/mol. The molecule has 2 atom stereocenters. The zero-order valence-corrected chi connectivity index (χ0v) is 16.4. The van der Waals surface area contributed by atoms with Crippen LogP contribution in [0.4, 0.5) is 9.18 Å². The van der Waals surface area contributed by atoms with Crippen molar-refractivity contribution in [2.75, 3.05) is 5.75 Å². The Balaban J connectivity index is 2.01. The number of nitrogens with zero attached hydrogens (tertiary/aromatic N) is 1. The average Bonchev–Trinajstić information content (AvgIpc) is 2.68. The lowest BCUT2D eigenvalue weighted by atomic mass is 10.1. The van der Waals surface area contributed by atoms with Gasteiger partial charge >= 0.3 is 6.09 Å². The van der Waals surface area contributed by atoms with Crippen molar-refractivity contribution in [3.05, 3.63) is 65.5 Å². The van der Waals surface area contributed by atoms with Crippen LogP contribution in [0.25, 0.3) is 0 Å². The number of hydrogen-bond acceptors (Lipinski definition) is 5. The molecule has 1 amide bonds. The molecule has 0 bridgehead atoms. The van der Waals surface area contributed by atoms with E-state index in [2.05, 4.69) is 5.32 Å². The van der Waals surface area contributed by atoms with Crippen LogP contribution in [-0.4, -0.2) is 26.3 Å². The highest BCUT2D eigenvalue weighted by Gasteiger charge is 2.27. The number of hydrogen-bond donors (Lipinski definition) is 1. The molecule has 6 nitrogen and oxygen atoms in total. The van der Waals surface area contributed by atoms with E-state index in [1.807, 2.05) is 6.07 Å². The lowest BCUT2D eigenvalue weighted by Crippen LogP contribution is -2.41. The van der Waals surface area contributed by atoms with Gasteiger partial charge in [0.1, 0.15) is 11.6 Å². The molecule has 0 aliphatic rings. The molecular weight excluding hydrogens is 383 g/mol. The van der Waals surface area contributed by atoms with Gasteiger partial charge in [-0.25, -0.2) is 17.6 Å². The van der Waals surface area contributed by atoms with Crippen LogP contribution in [0.2, 0.25) is 0 Å². The summed E-state index contributed by atoms with van der Waals surface area (Å²) in [7, 11) is -3.57. The second-order valence-corrected chi connectivity index (χ2v) is 8.66. The molecule has 2 aromatic rings. The van der Waals surface area contributed by atoms with Crippen molar-refractivity contribution in [2.24, 2.45) is 0 Å². The Morgan fingerprint density at radius 2 is 1.79 bits per heavy atom. The number of halogens is 1. The summed E-state index contributed by atoms with van der Waals surface area (Å²) in [6, 6.07) is 12.6. The van der Waals surface area contributed by atoms with Crippen LogP contribution in [-0.2, 0) is 9.84 Å². The molecular formula is C20H21FN2O4S. The van der Waals surface area contributed by atoms with Gasteiger partial charge in [-0.2, -0.15) is 5.26 Å².